The molecule has 1 aromatic rings. The van der Waals surface area contributed by atoms with Gasteiger partial charge in [0, 0.05) is 20.2 Å². The average molecular weight is 267 g/mol. The molecule has 0 amide bonds. The molecule has 0 aromatic carbocycles. The molecule has 1 atom stereocenters. The summed E-state index contributed by atoms with van der Waals surface area (Å²) >= 11 is 0. The van der Waals surface area contributed by atoms with Gasteiger partial charge in [-0.15, -0.1) is 0 Å². The van der Waals surface area contributed by atoms with Gasteiger partial charge in [0.15, 0.2) is 0 Å². The molecule has 1 saturated heterocycles. The van der Waals surface area contributed by atoms with E-state index < -0.39 is 0 Å². The lowest BCUT2D eigenvalue weighted by Crippen LogP contribution is -2.38. The SMILES string of the molecule is CCOc1nc(N)nc(N2CCCC(COC)C2)n1. The summed E-state index contributed by atoms with van der Waals surface area (Å²) in [6, 6.07) is 0.291. The van der Waals surface area contributed by atoms with Crippen molar-refractivity contribution in [3.8, 4) is 6.01 Å². The second kappa shape index (κ2) is 6.51. The van der Waals surface area contributed by atoms with Crippen molar-refractivity contribution in [3.05, 3.63) is 0 Å². The highest BCUT2D eigenvalue weighted by Crippen LogP contribution is 2.22. The van der Waals surface area contributed by atoms with Crippen molar-refractivity contribution in [2.75, 3.05) is 44.0 Å². The molecule has 0 radical (unpaired) electrons. The number of nitrogens with two attached hydrogens (primary N) is 1. The van der Waals surface area contributed by atoms with E-state index in [1.165, 1.54) is 6.42 Å². The van der Waals surface area contributed by atoms with Crippen LogP contribution in [0.25, 0.3) is 0 Å². The summed E-state index contributed by atoms with van der Waals surface area (Å²) in [6.07, 6.45) is 2.27. The number of anilines is 2. The monoisotopic (exact) mass is 267 g/mol. The number of ether oxygens (including phenoxy) is 2. The zero-order valence-corrected chi connectivity index (χ0v) is 11.5. The molecule has 1 aliphatic heterocycles. The maximum atomic E-state index is 5.70. The lowest BCUT2D eigenvalue weighted by atomic mass is 9.99. The summed E-state index contributed by atoms with van der Waals surface area (Å²) in [5.74, 6) is 1.30. The average Bonchev–Trinajstić information content (AvgIpc) is 2.39. The summed E-state index contributed by atoms with van der Waals surface area (Å²) < 4.78 is 10.5. The standard InChI is InChI=1S/C12H21N5O2/c1-3-19-12-15-10(13)14-11(16-12)17-6-4-5-9(7-17)8-18-2/h9H,3-8H2,1-2H3,(H2,13,14,15,16). The molecule has 1 aliphatic rings. The molecule has 7 heteroatoms. The molecule has 0 saturated carbocycles. The van der Waals surface area contributed by atoms with E-state index in [0.717, 1.165) is 26.1 Å². The van der Waals surface area contributed by atoms with Crippen molar-refractivity contribution in [3.63, 3.8) is 0 Å². The quantitative estimate of drug-likeness (QED) is 0.840. The molecule has 106 valence electrons. The number of nitrogen functional groups attached to an aromatic ring is 1. The van der Waals surface area contributed by atoms with Crippen molar-refractivity contribution in [1.29, 1.82) is 0 Å². The van der Waals surface area contributed by atoms with E-state index in [2.05, 4.69) is 19.9 Å². The Morgan fingerprint density at radius 2 is 2.21 bits per heavy atom. The maximum absolute atomic E-state index is 5.70. The Morgan fingerprint density at radius 3 is 2.95 bits per heavy atom. The summed E-state index contributed by atoms with van der Waals surface area (Å²) in [5, 5.41) is 0. The van der Waals surface area contributed by atoms with Gasteiger partial charge in [-0.2, -0.15) is 15.0 Å². The molecule has 7 nitrogen and oxygen atoms in total. The van der Waals surface area contributed by atoms with Crippen LogP contribution in [0.5, 0.6) is 6.01 Å². The molecular formula is C12H21N5O2. The molecule has 1 fully saturated rings. The van der Waals surface area contributed by atoms with Crippen LogP contribution in [0.15, 0.2) is 0 Å². The fourth-order valence-corrected chi connectivity index (χ4v) is 2.31. The van der Waals surface area contributed by atoms with E-state index >= 15 is 0 Å². The molecular weight excluding hydrogens is 246 g/mol. The summed E-state index contributed by atoms with van der Waals surface area (Å²) in [4.78, 5) is 14.6. The predicted molar refractivity (Wildman–Crippen MR) is 72.2 cm³/mol. The van der Waals surface area contributed by atoms with Crippen molar-refractivity contribution in [2.24, 2.45) is 5.92 Å². The molecule has 1 unspecified atom stereocenters. The normalized spacial score (nSPS) is 19.5. The Bertz CT molecular complexity index is 413. The van der Waals surface area contributed by atoms with E-state index in [9.17, 15) is 0 Å². The van der Waals surface area contributed by atoms with E-state index in [1.807, 2.05) is 6.92 Å². The van der Waals surface area contributed by atoms with Gasteiger partial charge < -0.3 is 20.1 Å². The molecule has 0 aliphatic carbocycles. The van der Waals surface area contributed by atoms with E-state index in [4.69, 9.17) is 15.2 Å². The number of piperidine rings is 1. The van der Waals surface area contributed by atoms with Gasteiger partial charge in [0.05, 0.1) is 13.2 Å². The minimum absolute atomic E-state index is 0.197. The van der Waals surface area contributed by atoms with E-state index in [1.54, 1.807) is 7.11 Å². The van der Waals surface area contributed by atoms with E-state index in [0.29, 0.717) is 24.5 Å². The Balaban J connectivity index is 2.11. The van der Waals surface area contributed by atoms with Crippen LogP contribution in [0.3, 0.4) is 0 Å². The smallest absolute Gasteiger partial charge is 0.323 e. The van der Waals surface area contributed by atoms with Crippen molar-refractivity contribution >= 4 is 11.9 Å². The largest absolute Gasteiger partial charge is 0.464 e. The number of hydrogen-bond donors (Lipinski definition) is 1. The molecule has 0 bridgehead atoms. The highest BCUT2D eigenvalue weighted by Gasteiger charge is 2.22. The first-order valence-corrected chi connectivity index (χ1v) is 6.61. The third-order valence-corrected chi connectivity index (χ3v) is 3.10. The van der Waals surface area contributed by atoms with Gasteiger partial charge in [0.25, 0.3) is 0 Å². The molecule has 2 rings (SSSR count). The Hall–Kier alpha value is -1.63. The highest BCUT2D eigenvalue weighted by molar-refractivity contribution is 5.36. The van der Waals surface area contributed by atoms with Crippen molar-refractivity contribution < 1.29 is 9.47 Å². The second-order valence-electron chi connectivity index (χ2n) is 4.62. The minimum Gasteiger partial charge on any atom is -0.464 e. The summed E-state index contributed by atoms with van der Waals surface area (Å²) in [6.45, 7) is 4.96. The van der Waals surface area contributed by atoms with Crippen LogP contribution >= 0.6 is 0 Å². The number of methoxy groups -OCH3 is 1. The van der Waals surface area contributed by atoms with Gasteiger partial charge in [-0.1, -0.05) is 0 Å². The van der Waals surface area contributed by atoms with Gasteiger partial charge in [0.2, 0.25) is 11.9 Å². The topological polar surface area (TPSA) is 86.4 Å². The van der Waals surface area contributed by atoms with Crippen molar-refractivity contribution in [1.82, 2.24) is 15.0 Å². The molecule has 19 heavy (non-hydrogen) atoms. The maximum Gasteiger partial charge on any atom is 0.323 e. The van der Waals surface area contributed by atoms with E-state index in [-0.39, 0.29) is 5.95 Å². The number of aromatic nitrogens is 3. The number of nitrogens with zero attached hydrogens (tertiary/aromatic N) is 4. The van der Waals surface area contributed by atoms with Gasteiger partial charge in [-0.3, -0.25) is 0 Å². The van der Waals surface area contributed by atoms with Gasteiger partial charge in [-0.25, -0.2) is 0 Å². The summed E-state index contributed by atoms with van der Waals surface area (Å²) in [7, 11) is 1.73. The zero-order chi connectivity index (χ0) is 13.7. The van der Waals surface area contributed by atoms with Crippen molar-refractivity contribution in [2.45, 2.75) is 19.8 Å². The molecule has 0 spiro atoms. The fourth-order valence-electron chi connectivity index (χ4n) is 2.31. The highest BCUT2D eigenvalue weighted by atomic mass is 16.5. The van der Waals surface area contributed by atoms with Crippen LogP contribution < -0.4 is 15.4 Å². The van der Waals surface area contributed by atoms with Gasteiger partial charge >= 0.3 is 6.01 Å². The minimum atomic E-state index is 0.197. The Kier molecular flexibility index (Phi) is 4.73. The van der Waals surface area contributed by atoms with Gasteiger partial charge in [-0.05, 0) is 25.7 Å². The van der Waals surface area contributed by atoms with Crippen LogP contribution in [0.2, 0.25) is 0 Å². The zero-order valence-electron chi connectivity index (χ0n) is 11.5. The lowest BCUT2D eigenvalue weighted by molar-refractivity contribution is 0.143. The Morgan fingerprint density at radius 1 is 1.37 bits per heavy atom. The lowest BCUT2D eigenvalue weighted by Gasteiger charge is -2.32. The second-order valence-corrected chi connectivity index (χ2v) is 4.62. The van der Waals surface area contributed by atoms with Crippen LogP contribution in [0.1, 0.15) is 19.8 Å². The van der Waals surface area contributed by atoms with Gasteiger partial charge in [0.1, 0.15) is 0 Å². The first-order chi connectivity index (χ1) is 9.22. The molecule has 1 aromatic heterocycles. The molecule has 2 heterocycles. The predicted octanol–water partition coefficient (Wildman–Crippen LogP) is 0.715. The number of rotatable bonds is 5. The van der Waals surface area contributed by atoms with Crippen LogP contribution in [-0.4, -0.2) is 48.4 Å². The first-order valence-electron chi connectivity index (χ1n) is 6.61. The number of hydrogen-bond acceptors (Lipinski definition) is 7. The van der Waals surface area contributed by atoms with Crippen LogP contribution in [-0.2, 0) is 4.74 Å². The Labute approximate surface area is 113 Å². The third kappa shape index (κ3) is 3.66. The van der Waals surface area contributed by atoms with Crippen LogP contribution in [0.4, 0.5) is 11.9 Å². The summed E-state index contributed by atoms with van der Waals surface area (Å²) in [5.41, 5.74) is 5.70. The fraction of sp³-hybridized carbons (Fsp3) is 0.750. The molecule has 2 N–H and O–H groups in total. The first kappa shape index (κ1) is 13.8. The third-order valence-electron chi connectivity index (χ3n) is 3.10. The van der Waals surface area contributed by atoms with Crippen LogP contribution in [0, 0.1) is 5.92 Å².